The molecule has 0 unspecified atom stereocenters. The summed E-state index contributed by atoms with van der Waals surface area (Å²) in [6, 6.07) is 10.1. The number of pyridine rings is 1. The highest BCUT2D eigenvalue weighted by Crippen LogP contribution is 2.27. The van der Waals surface area contributed by atoms with Crippen molar-refractivity contribution in [2.24, 2.45) is 0 Å². The van der Waals surface area contributed by atoms with Gasteiger partial charge >= 0.3 is 6.18 Å². The van der Waals surface area contributed by atoms with E-state index in [1.54, 1.807) is 13.2 Å². The van der Waals surface area contributed by atoms with Crippen LogP contribution in [0.5, 0.6) is 5.75 Å². The standard InChI is InChI=1S/C18H19F3N2O/c1-3-10-23(13-15-6-4-5-7-16(15)24-2)12-14-8-9-17(22-11-14)18(19,20)21/h3-9,11H,1,10,12-13H2,2H3. The number of nitrogens with zero attached hydrogens (tertiary/aromatic N) is 2. The van der Waals surface area contributed by atoms with Gasteiger partial charge in [-0.25, -0.2) is 0 Å². The first-order chi connectivity index (χ1) is 11.4. The normalized spacial score (nSPS) is 11.5. The highest BCUT2D eigenvalue weighted by molar-refractivity contribution is 5.33. The first-order valence-electron chi connectivity index (χ1n) is 7.41. The molecule has 0 atom stereocenters. The highest BCUT2D eigenvalue weighted by atomic mass is 19.4. The maximum atomic E-state index is 12.6. The Morgan fingerprint density at radius 3 is 2.50 bits per heavy atom. The van der Waals surface area contributed by atoms with Crippen LogP contribution in [0, 0.1) is 0 Å². The van der Waals surface area contributed by atoms with Gasteiger partial charge in [-0.05, 0) is 17.7 Å². The molecule has 0 aliphatic carbocycles. The van der Waals surface area contributed by atoms with Crippen molar-refractivity contribution in [1.82, 2.24) is 9.88 Å². The molecule has 3 nitrogen and oxygen atoms in total. The van der Waals surface area contributed by atoms with Crippen molar-refractivity contribution >= 4 is 0 Å². The van der Waals surface area contributed by atoms with Crippen LogP contribution in [0.2, 0.25) is 0 Å². The Hall–Kier alpha value is -2.34. The molecule has 0 fully saturated rings. The number of hydrogen-bond acceptors (Lipinski definition) is 3. The van der Waals surface area contributed by atoms with Crippen molar-refractivity contribution in [3.63, 3.8) is 0 Å². The molecule has 0 saturated heterocycles. The minimum absolute atomic E-state index is 0.467. The summed E-state index contributed by atoms with van der Waals surface area (Å²) in [7, 11) is 1.61. The van der Waals surface area contributed by atoms with E-state index in [-0.39, 0.29) is 0 Å². The van der Waals surface area contributed by atoms with E-state index in [0.717, 1.165) is 17.4 Å². The number of halogens is 3. The summed E-state index contributed by atoms with van der Waals surface area (Å²) in [6.45, 7) is 5.39. The Labute approximate surface area is 139 Å². The largest absolute Gasteiger partial charge is 0.496 e. The highest BCUT2D eigenvalue weighted by Gasteiger charge is 2.32. The van der Waals surface area contributed by atoms with Crippen LogP contribution in [0.4, 0.5) is 13.2 Å². The zero-order valence-electron chi connectivity index (χ0n) is 13.4. The summed E-state index contributed by atoms with van der Waals surface area (Å²) in [5.74, 6) is 0.775. The Kier molecular flexibility index (Phi) is 5.98. The number of ether oxygens (including phenoxy) is 1. The summed E-state index contributed by atoms with van der Waals surface area (Å²) in [5, 5.41) is 0. The summed E-state index contributed by atoms with van der Waals surface area (Å²) < 4.78 is 43.1. The predicted molar refractivity (Wildman–Crippen MR) is 86.5 cm³/mol. The zero-order chi connectivity index (χ0) is 17.6. The van der Waals surface area contributed by atoms with E-state index in [0.29, 0.717) is 25.2 Å². The molecular weight excluding hydrogens is 317 g/mol. The first kappa shape index (κ1) is 18.0. The van der Waals surface area contributed by atoms with Crippen molar-refractivity contribution in [2.45, 2.75) is 19.3 Å². The summed E-state index contributed by atoms with van der Waals surface area (Å²) in [6.07, 6.45) is -1.40. The van der Waals surface area contributed by atoms with Crippen molar-refractivity contribution in [2.75, 3.05) is 13.7 Å². The second-order valence-corrected chi connectivity index (χ2v) is 5.32. The molecule has 0 N–H and O–H groups in total. The smallest absolute Gasteiger partial charge is 0.433 e. The fourth-order valence-corrected chi connectivity index (χ4v) is 2.39. The molecule has 1 aromatic carbocycles. The van der Waals surface area contributed by atoms with E-state index in [1.807, 2.05) is 24.3 Å². The van der Waals surface area contributed by atoms with E-state index in [1.165, 1.54) is 12.3 Å². The number of para-hydroxylation sites is 1. The third-order valence-corrected chi connectivity index (χ3v) is 3.50. The molecule has 2 aromatic rings. The molecule has 2 rings (SSSR count). The van der Waals surface area contributed by atoms with Gasteiger partial charge in [-0.3, -0.25) is 9.88 Å². The van der Waals surface area contributed by atoms with Gasteiger partial charge in [0.15, 0.2) is 0 Å². The molecule has 0 radical (unpaired) electrons. The van der Waals surface area contributed by atoms with Crippen LogP contribution in [0.15, 0.2) is 55.3 Å². The number of benzene rings is 1. The molecule has 0 aliphatic rings. The Bertz CT molecular complexity index is 669. The lowest BCUT2D eigenvalue weighted by atomic mass is 10.1. The van der Waals surface area contributed by atoms with Crippen LogP contribution < -0.4 is 4.74 Å². The van der Waals surface area contributed by atoms with Crippen molar-refractivity contribution in [3.8, 4) is 5.75 Å². The lowest BCUT2D eigenvalue weighted by Gasteiger charge is -2.22. The second kappa shape index (κ2) is 7.97. The molecule has 0 bridgehead atoms. The van der Waals surface area contributed by atoms with Crippen LogP contribution in [-0.2, 0) is 19.3 Å². The molecule has 0 saturated carbocycles. The van der Waals surface area contributed by atoms with E-state index in [9.17, 15) is 13.2 Å². The molecule has 0 spiro atoms. The van der Waals surface area contributed by atoms with Crippen LogP contribution in [0.3, 0.4) is 0 Å². The summed E-state index contributed by atoms with van der Waals surface area (Å²) >= 11 is 0. The Morgan fingerprint density at radius 2 is 1.92 bits per heavy atom. The van der Waals surface area contributed by atoms with E-state index >= 15 is 0 Å². The average Bonchev–Trinajstić information content (AvgIpc) is 2.55. The minimum Gasteiger partial charge on any atom is -0.496 e. The Morgan fingerprint density at radius 1 is 1.17 bits per heavy atom. The van der Waals surface area contributed by atoms with Gasteiger partial charge in [0.05, 0.1) is 7.11 Å². The van der Waals surface area contributed by atoms with Gasteiger partial charge in [-0.1, -0.05) is 30.3 Å². The fraction of sp³-hybridized carbons (Fsp3) is 0.278. The number of hydrogen-bond donors (Lipinski definition) is 0. The number of alkyl halides is 3. The van der Waals surface area contributed by atoms with Crippen LogP contribution in [0.1, 0.15) is 16.8 Å². The molecule has 1 heterocycles. The number of rotatable bonds is 7. The third kappa shape index (κ3) is 4.83. The van der Waals surface area contributed by atoms with E-state index < -0.39 is 11.9 Å². The Balaban J connectivity index is 2.12. The molecule has 0 amide bonds. The first-order valence-corrected chi connectivity index (χ1v) is 7.41. The van der Waals surface area contributed by atoms with Gasteiger partial charge in [0, 0.05) is 31.4 Å². The topological polar surface area (TPSA) is 25.4 Å². The summed E-state index contributed by atoms with van der Waals surface area (Å²) in [5.41, 5.74) is 0.827. The maximum absolute atomic E-state index is 12.6. The monoisotopic (exact) mass is 336 g/mol. The molecule has 0 aliphatic heterocycles. The van der Waals surface area contributed by atoms with Gasteiger partial charge in [0.2, 0.25) is 0 Å². The summed E-state index contributed by atoms with van der Waals surface area (Å²) in [4.78, 5) is 5.55. The molecule has 6 heteroatoms. The predicted octanol–water partition coefficient (Wildman–Crippen LogP) is 4.30. The fourth-order valence-electron chi connectivity index (χ4n) is 2.39. The lowest BCUT2D eigenvalue weighted by Crippen LogP contribution is -2.23. The number of methoxy groups -OCH3 is 1. The number of aromatic nitrogens is 1. The van der Waals surface area contributed by atoms with Crippen molar-refractivity contribution in [3.05, 3.63) is 72.1 Å². The molecule has 128 valence electrons. The molecule has 1 aromatic heterocycles. The third-order valence-electron chi connectivity index (χ3n) is 3.50. The van der Waals surface area contributed by atoms with Crippen molar-refractivity contribution < 1.29 is 17.9 Å². The van der Waals surface area contributed by atoms with Crippen LogP contribution in [0.25, 0.3) is 0 Å². The molecular formula is C18H19F3N2O. The van der Waals surface area contributed by atoms with Crippen LogP contribution in [-0.4, -0.2) is 23.5 Å². The lowest BCUT2D eigenvalue weighted by molar-refractivity contribution is -0.141. The minimum atomic E-state index is -4.42. The van der Waals surface area contributed by atoms with E-state index in [2.05, 4.69) is 16.5 Å². The van der Waals surface area contributed by atoms with Gasteiger partial charge in [-0.15, -0.1) is 6.58 Å². The van der Waals surface area contributed by atoms with Gasteiger partial charge < -0.3 is 4.74 Å². The average molecular weight is 336 g/mol. The van der Waals surface area contributed by atoms with Gasteiger partial charge in [0.25, 0.3) is 0 Å². The van der Waals surface area contributed by atoms with E-state index in [4.69, 9.17) is 4.74 Å². The molecule has 24 heavy (non-hydrogen) atoms. The second-order valence-electron chi connectivity index (χ2n) is 5.32. The quantitative estimate of drug-likeness (QED) is 0.705. The van der Waals surface area contributed by atoms with Crippen molar-refractivity contribution in [1.29, 1.82) is 0 Å². The SMILES string of the molecule is C=CCN(Cc1ccc(C(F)(F)F)nc1)Cc1ccccc1OC. The van der Waals surface area contributed by atoms with Gasteiger partial charge in [0.1, 0.15) is 11.4 Å². The van der Waals surface area contributed by atoms with Crippen LogP contribution >= 0.6 is 0 Å². The van der Waals surface area contributed by atoms with Gasteiger partial charge in [-0.2, -0.15) is 13.2 Å². The maximum Gasteiger partial charge on any atom is 0.433 e. The zero-order valence-corrected chi connectivity index (χ0v) is 13.4.